The largest absolute Gasteiger partial charge is 0.463 e. The van der Waals surface area contributed by atoms with Gasteiger partial charge in [0.05, 0.1) is 30.9 Å². The lowest BCUT2D eigenvalue weighted by molar-refractivity contribution is -0.0958. The summed E-state index contributed by atoms with van der Waals surface area (Å²) in [6.45, 7) is 6.02. The molecule has 0 spiro atoms. The van der Waals surface area contributed by atoms with Crippen LogP contribution in [-0.4, -0.2) is 67.6 Å². The van der Waals surface area contributed by atoms with E-state index in [-0.39, 0.29) is 29.3 Å². The van der Waals surface area contributed by atoms with Crippen molar-refractivity contribution in [2.75, 3.05) is 32.0 Å². The van der Waals surface area contributed by atoms with Crippen LogP contribution in [0.4, 0.5) is 5.82 Å². The molecule has 2 aromatic heterocycles. The maximum Gasteiger partial charge on any atom is 0.328 e. The van der Waals surface area contributed by atoms with Gasteiger partial charge in [0.2, 0.25) is 0 Å². The predicted octanol–water partition coefficient (Wildman–Crippen LogP) is 3.76. The second-order valence-corrected chi connectivity index (χ2v) is 11.4. The van der Waals surface area contributed by atoms with Gasteiger partial charge < -0.3 is 15.5 Å². The Labute approximate surface area is 254 Å². The van der Waals surface area contributed by atoms with E-state index in [1.165, 1.54) is 5.56 Å². The Hall–Kier alpha value is -4.55. The van der Waals surface area contributed by atoms with E-state index in [9.17, 15) is 14.4 Å². The van der Waals surface area contributed by atoms with Gasteiger partial charge in [-0.05, 0) is 68.0 Å². The Morgan fingerprint density at radius 1 is 0.909 bits per heavy atom. The predicted molar refractivity (Wildman–Crippen MR) is 164 cm³/mol. The topological polar surface area (TPSA) is 149 Å². The van der Waals surface area contributed by atoms with Gasteiger partial charge in [0.1, 0.15) is 5.52 Å². The van der Waals surface area contributed by atoms with Gasteiger partial charge in [0, 0.05) is 6.54 Å². The summed E-state index contributed by atoms with van der Waals surface area (Å²) in [5.41, 5.74) is 9.58. The number of imidazole rings is 1. The molecule has 2 aliphatic rings. The Kier molecular flexibility index (Phi) is 8.71. The maximum absolute atomic E-state index is 12.7. The Morgan fingerprint density at radius 2 is 1.57 bits per heavy atom. The van der Waals surface area contributed by atoms with Crippen molar-refractivity contribution in [2.45, 2.75) is 52.1 Å². The van der Waals surface area contributed by atoms with Crippen molar-refractivity contribution >= 4 is 28.8 Å². The maximum atomic E-state index is 12.7. The lowest BCUT2D eigenvalue weighted by Crippen LogP contribution is -2.34. The Balaban J connectivity index is 0.982. The number of fused-ring (bicyclic) bond motifs is 2. The van der Waals surface area contributed by atoms with Crippen LogP contribution in [0.1, 0.15) is 70.9 Å². The van der Waals surface area contributed by atoms with Crippen LogP contribution in [0, 0.1) is 5.92 Å². The molecular weight excluding hydrogens is 562 g/mol. The zero-order valence-electron chi connectivity index (χ0n) is 24.8. The second kappa shape index (κ2) is 13.0. The molecule has 230 valence electrons. The highest BCUT2D eigenvalue weighted by Gasteiger charge is 2.36. The molecule has 1 fully saturated rings. The van der Waals surface area contributed by atoms with Gasteiger partial charge in [0.15, 0.2) is 11.5 Å². The van der Waals surface area contributed by atoms with E-state index in [1.54, 1.807) is 28.8 Å². The summed E-state index contributed by atoms with van der Waals surface area (Å²) in [5.74, 6) is -0.110. The van der Waals surface area contributed by atoms with Crippen molar-refractivity contribution in [3.63, 3.8) is 0 Å². The van der Waals surface area contributed by atoms with Crippen LogP contribution in [0.2, 0.25) is 0 Å². The number of benzene rings is 2. The van der Waals surface area contributed by atoms with E-state index in [0.29, 0.717) is 48.0 Å². The SMILES string of the molecule is CCCCOc1nc(N)c2[nH]c(=O)n(Cc3ccc(CN4CCC(CCON5C(=O)c6ccccc6C5=O)CC4)cc3)c2n1. The number of ether oxygens (including phenoxy) is 1. The third-order valence-electron chi connectivity index (χ3n) is 8.34. The molecule has 12 nitrogen and oxygen atoms in total. The first-order chi connectivity index (χ1) is 21.4. The average molecular weight is 600 g/mol. The molecule has 44 heavy (non-hydrogen) atoms. The van der Waals surface area contributed by atoms with Gasteiger partial charge in [-0.15, -0.1) is 5.06 Å². The molecule has 0 saturated carbocycles. The van der Waals surface area contributed by atoms with Crippen LogP contribution in [0.25, 0.3) is 11.2 Å². The van der Waals surface area contributed by atoms with Crippen molar-refractivity contribution in [2.24, 2.45) is 5.92 Å². The number of hydrogen-bond donors (Lipinski definition) is 2. The molecular formula is C32H37N7O5. The molecule has 0 unspecified atom stereocenters. The molecule has 2 amide bonds. The fraction of sp³-hybridized carbons (Fsp3) is 0.406. The fourth-order valence-corrected chi connectivity index (χ4v) is 5.77. The summed E-state index contributed by atoms with van der Waals surface area (Å²) in [5, 5.41) is 0.905. The number of hydrogen-bond acceptors (Lipinski definition) is 9. The number of rotatable bonds is 12. The van der Waals surface area contributed by atoms with Crippen molar-refractivity contribution in [1.29, 1.82) is 0 Å². The van der Waals surface area contributed by atoms with Gasteiger partial charge in [-0.25, -0.2) is 4.79 Å². The first kappa shape index (κ1) is 29.5. The first-order valence-corrected chi connectivity index (χ1v) is 15.2. The lowest BCUT2D eigenvalue weighted by atomic mass is 9.93. The molecule has 4 aromatic rings. The average Bonchev–Trinajstić information content (AvgIpc) is 3.47. The van der Waals surface area contributed by atoms with E-state index in [1.807, 2.05) is 12.1 Å². The summed E-state index contributed by atoms with van der Waals surface area (Å²) in [7, 11) is 0. The molecule has 0 aliphatic carbocycles. The molecule has 1 saturated heterocycles. The highest BCUT2D eigenvalue weighted by Crippen LogP contribution is 2.26. The quantitative estimate of drug-likeness (QED) is 0.183. The number of anilines is 1. The number of likely N-dealkylation sites (tertiary alicyclic amines) is 1. The van der Waals surface area contributed by atoms with Crippen LogP contribution in [0.3, 0.4) is 0 Å². The normalized spacial score (nSPS) is 15.8. The summed E-state index contributed by atoms with van der Waals surface area (Å²) in [6, 6.07) is 15.2. The molecule has 0 atom stereocenters. The van der Waals surface area contributed by atoms with E-state index < -0.39 is 0 Å². The van der Waals surface area contributed by atoms with Crippen molar-refractivity contribution in [3.8, 4) is 6.01 Å². The van der Waals surface area contributed by atoms with E-state index in [4.69, 9.17) is 15.3 Å². The number of carbonyl (C=O) groups is 2. The van der Waals surface area contributed by atoms with Gasteiger partial charge in [-0.3, -0.25) is 23.9 Å². The van der Waals surface area contributed by atoms with Crippen LogP contribution in [0.15, 0.2) is 53.3 Å². The standard InChI is InChI=1S/C32H37N7O5/c1-2-3-17-43-31-35-27(33)26-28(36-31)38(32(42)34-26)20-23-10-8-22(9-11-23)19-37-15-12-21(13-16-37)14-18-44-39-29(40)24-6-4-5-7-25(24)30(39)41/h4-11,21H,2-3,12-20H2,1H3,(H,34,42)(H2,33,35,36). The number of nitrogens with two attached hydrogens (primary N) is 1. The van der Waals surface area contributed by atoms with Crippen LogP contribution >= 0.6 is 0 Å². The number of nitrogen functional groups attached to an aromatic ring is 1. The van der Waals surface area contributed by atoms with Crippen LogP contribution in [-0.2, 0) is 17.9 Å². The Morgan fingerprint density at radius 3 is 2.23 bits per heavy atom. The molecule has 3 N–H and O–H groups in total. The van der Waals surface area contributed by atoms with Gasteiger partial charge in [-0.1, -0.05) is 49.7 Å². The number of piperidine rings is 1. The minimum absolute atomic E-state index is 0.172. The zero-order valence-corrected chi connectivity index (χ0v) is 24.8. The van der Waals surface area contributed by atoms with Crippen molar-refractivity contribution in [3.05, 3.63) is 81.3 Å². The second-order valence-electron chi connectivity index (χ2n) is 11.4. The summed E-state index contributed by atoms with van der Waals surface area (Å²) in [6.07, 6.45) is 4.72. The third kappa shape index (κ3) is 6.22. The fourth-order valence-electron chi connectivity index (χ4n) is 5.77. The van der Waals surface area contributed by atoms with E-state index >= 15 is 0 Å². The summed E-state index contributed by atoms with van der Waals surface area (Å²) < 4.78 is 7.19. The number of aromatic nitrogens is 4. The minimum atomic E-state index is -0.389. The molecule has 2 aromatic carbocycles. The zero-order chi connectivity index (χ0) is 30.6. The molecule has 0 bridgehead atoms. The third-order valence-corrected chi connectivity index (χ3v) is 8.34. The molecule has 4 heterocycles. The highest BCUT2D eigenvalue weighted by atomic mass is 16.7. The number of nitrogens with zero attached hydrogens (tertiary/aromatic N) is 5. The van der Waals surface area contributed by atoms with Crippen molar-refractivity contribution in [1.82, 2.24) is 29.5 Å². The number of hydroxylamine groups is 2. The number of amides is 2. The molecule has 12 heteroatoms. The number of aromatic amines is 1. The van der Waals surface area contributed by atoms with Crippen LogP contribution in [0.5, 0.6) is 6.01 Å². The van der Waals surface area contributed by atoms with E-state index in [2.05, 4.69) is 38.9 Å². The monoisotopic (exact) mass is 599 g/mol. The number of nitrogens with one attached hydrogen (secondary N) is 1. The van der Waals surface area contributed by atoms with Gasteiger partial charge >= 0.3 is 11.7 Å². The number of carbonyl (C=O) groups excluding carboxylic acids is 2. The van der Waals surface area contributed by atoms with E-state index in [0.717, 1.165) is 62.4 Å². The van der Waals surface area contributed by atoms with Crippen molar-refractivity contribution < 1.29 is 19.2 Å². The highest BCUT2D eigenvalue weighted by molar-refractivity contribution is 6.20. The molecule has 0 radical (unpaired) electrons. The number of unbranched alkanes of at least 4 members (excludes halogenated alkanes) is 1. The van der Waals surface area contributed by atoms with Crippen LogP contribution < -0.4 is 16.2 Å². The first-order valence-electron chi connectivity index (χ1n) is 15.2. The molecule has 2 aliphatic heterocycles. The lowest BCUT2D eigenvalue weighted by Gasteiger charge is -2.32. The number of H-pyrrole nitrogens is 1. The summed E-state index contributed by atoms with van der Waals surface area (Å²) in [4.78, 5) is 57.1. The smallest absolute Gasteiger partial charge is 0.328 e. The van der Waals surface area contributed by atoms with Gasteiger partial charge in [0.25, 0.3) is 11.8 Å². The molecule has 6 rings (SSSR count). The summed E-state index contributed by atoms with van der Waals surface area (Å²) >= 11 is 0. The minimum Gasteiger partial charge on any atom is -0.463 e. The van der Waals surface area contributed by atoms with Gasteiger partial charge in [-0.2, -0.15) is 9.97 Å². The Bertz CT molecular complexity index is 1670. The number of imide groups is 1.